The monoisotopic (exact) mass is 400 g/mol. The number of hydrogen-bond donors (Lipinski definition) is 1. The number of carbonyl (C=O) groups is 1. The van der Waals surface area contributed by atoms with Crippen molar-refractivity contribution in [1.29, 1.82) is 0 Å². The number of halogens is 4. The second kappa shape index (κ2) is 5.81. The lowest BCUT2D eigenvalue weighted by Gasteiger charge is -2.37. The maximum atomic E-state index is 13.9. The van der Waals surface area contributed by atoms with E-state index in [1.54, 1.807) is 17.5 Å². The summed E-state index contributed by atoms with van der Waals surface area (Å²) in [6, 6.07) is 6.18. The van der Waals surface area contributed by atoms with Gasteiger partial charge >= 0.3 is 12.2 Å². The largest absolute Gasteiger partial charge is 0.425 e. The smallest absolute Gasteiger partial charge is 0.309 e. The second-order valence-corrected chi connectivity index (χ2v) is 7.45. The van der Waals surface area contributed by atoms with Gasteiger partial charge in [0.2, 0.25) is 4.87 Å². The van der Waals surface area contributed by atoms with Gasteiger partial charge in [0.25, 0.3) is 0 Å². The second-order valence-electron chi connectivity index (χ2n) is 5.33. The number of nitrogens with one attached hydrogen (secondary N) is 1. The van der Waals surface area contributed by atoms with Crippen molar-refractivity contribution < 1.29 is 22.4 Å². The summed E-state index contributed by atoms with van der Waals surface area (Å²) in [6.07, 6.45) is -4.86. The highest BCUT2D eigenvalue weighted by Gasteiger charge is 2.61. The van der Waals surface area contributed by atoms with E-state index in [4.69, 9.17) is 0 Å². The normalized spacial score (nSPS) is 19.9. The molecule has 1 aromatic carbocycles. The van der Waals surface area contributed by atoms with Crippen LogP contribution in [0.25, 0.3) is 10.7 Å². The molecule has 0 radical (unpaired) electrons. The number of rotatable bonds is 2. The average molecular weight is 400 g/mol. The molecule has 5 nitrogen and oxygen atoms in total. The van der Waals surface area contributed by atoms with Crippen LogP contribution in [-0.4, -0.2) is 27.0 Å². The van der Waals surface area contributed by atoms with Crippen LogP contribution in [0.15, 0.2) is 46.9 Å². The molecule has 1 amide bonds. The Balaban J connectivity index is 1.84. The van der Waals surface area contributed by atoms with Gasteiger partial charge < -0.3 is 5.32 Å². The third kappa shape index (κ3) is 2.58. The molecule has 3 heterocycles. The Morgan fingerprint density at radius 3 is 2.50 bits per heavy atom. The molecule has 4 rings (SSSR count). The summed E-state index contributed by atoms with van der Waals surface area (Å²) in [5.41, 5.74) is -0.309. The summed E-state index contributed by atoms with van der Waals surface area (Å²) in [5.74, 6) is -0.518. The lowest BCUT2D eigenvalue weighted by atomic mass is 10.1. The summed E-state index contributed by atoms with van der Waals surface area (Å²) in [7, 11) is 0. The molecule has 1 atom stereocenters. The minimum Gasteiger partial charge on any atom is -0.309 e. The van der Waals surface area contributed by atoms with E-state index in [1.807, 2.05) is 5.32 Å². The third-order valence-electron chi connectivity index (χ3n) is 3.69. The molecule has 1 aliphatic rings. The number of thioether (sulfide) groups is 1. The van der Waals surface area contributed by atoms with Gasteiger partial charge in [-0.25, -0.2) is 9.18 Å². The quantitative estimate of drug-likeness (QED) is 0.655. The van der Waals surface area contributed by atoms with Gasteiger partial charge in [-0.2, -0.15) is 22.8 Å². The fraction of sp³-hybridized carbons (Fsp3) is 0.133. The molecular weight excluding hydrogens is 392 g/mol. The fourth-order valence-corrected chi connectivity index (χ4v) is 4.26. The van der Waals surface area contributed by atoms with Crippen molar-refractivity contribution in [3.8, 4) is 10.7 Å². The van der Waals surface area contributed by atoms with Gasteiger partial charge in [-0.15, -0.1) is 16.4 Å². The first-order valence-electron chi connectivity index (χ1n) is 7.15. The Bertz CT molecular complexity index is 969. The number of benzene rings is 1. The van der Waals surface area contributed by atoms with Crippen molar-refractivity contribution in [2.75, 3.05) is 0 Å². The van der Waals surface area contributed by atoms with E-state index in [9.17, 15) is 22.4 Å². The maximum absolute atomic E-state index is 13.9. The van der Waals surface area contributed by atoms with Crippen LogP contribution in [0, 0.1) is 5.82 Å². The molecule has 11 heteroatoms. The van der Waals surface area contributed by atoms with Crippen molar-refractivity contribution in [3.63, 3.8) is 0 Å². The van der Waals surface area contributed by atoms with Crippen molar-refractivity contribution in [2.24, 2.45) is 0 Å². The third-order valence-corrected chi connectivity index (χ3v) is 5.88. The lowest BCUT2D eigenvalue weighted by molar-refractivity contribution is -0.168. The number of alkyl halides is 3. The van der Waals surface area contributed by atoms with E-state index >= 15 is 0 Å². The molecule has 26 heavy (non-hydrogen) atoms. The molecule has 1 N–H and O–H groups in total. The van der Waals surface area contributed by atoms with Gasteiger partial charge in [0, 0.05) is 0 Å². The molecule has 0 fully saturated rings. The fourth-order valence-electron chi connectivity index (χ4n) is 2.48. The Morgan fingerprint density at radius 1 is 1.15 bits per heavy atom. The van der Waals surface area contributed by atoms with Crippen molar-refractivity contribution in [2.45, 2.75) is 16.2 Å². The summed E-state index contributed by atoms with van der Waals surface area (Å²) in [5, 5.41) is 7.52. The highest BCUT2D eigenvalue weighted by molar-refractivity contribution is 8.00. The average Bonchev–Trinajstić information content (AvgIpc) is 3.23. The highest BCUT2D eigenvalue weighted by atomic mass is 32.2. The molecular formula is C15H8F4N4OS2. The Kier molecular flexibility index (Phi) is 3.81. The van der Waals surface area contributed by atoms with Gasteiger partial charge in [0.15, 0.2) is 11.0 Å². The number of amides is 1. The summed E-state index contributed by atoms with van der Waals surface area (Å²) < 4.78 is 55.8. The van der Waals surface area contributed by atoms with Crippen LogP contribution in [0.4, 0.5) is 22.4 Å². The van der Waals surface area contributed by atoms with E-state index < -0.39 is 22.9 Å². The van der Waals surface area contributed by atoms with Gasteiger partial charge in [0.05, 0.1) is 4.88 Å². The van der Waals surface area contributed by atoms with Crippen molar-refractivity contribution >= 4 is 29.1 Å². The molecule has 0 unspecified atom stereocenters. The van der Waals surface area contributed by atoms with Crippen LogP contribution >= 0.6 is 23.1 Å². The summed E-state index contributed by atoms with van der Waals surface area (Å²) >= 11 is 1.61. The number of thiophene rings is 1. The first-order valence-corrected chi connectivity index (χ1v) is 8.85. The molecule has 2 aromatic heterocycles. The molecule has 0 saturated heterocycles. The zero-order valence-electron chi connectivity index (χ0n) is 12.6. The van der Waals surface area contributed by atoms with Crippen molar-refractivity contribution in [1.82, 2.24) is 20.1 Å². The number of hydrogen-bond acceptors (Lipinski definition) is 5. The molecule has 0 spiro atoms. The molecule has 134 valence electrons. The number of carbonyl (C=O) groups excluding carboxylic acids is 1. The molecule has 0 bridgehead atoms. The molecule has 3 aromatic rings. The van der Waals surface area contributed by atoms with Crippen LogP contribution in [-0.2, 0) is 4.87 Å². The Labute approximate surface area is 152 Å². The van der Waals surface area contributed by atoms with Crippen LogP contribution in [0.5, 0.6) is 0 Å². The predicted molar refractivity (Wildman–Crippen MR) is 87.3 cm³/mol. The van der Waals surface area contributed by atoms with Crippen LogP contribution < -0.4 is 5.32 Å². The van der Waals surface area contributed by atoms with Crippen LogP contribution in [0.2, 0.25) is 0 Å². The number of aromatic nitrogens is 3. The summed E-state index contributed by atoms with van der Waals surface area (Å²) in [6.45, 7) is 0. The van der Waals surface area contributed by atoms with Crippen molar-refractivity contribution in [3.05, 3.63) is 53.2 Å². The topological polar surface area (TPSA) is 59.8 Å². The van der Waals surface area contributed by atoms with E-state index in [0.29, 0.717) is 16.6 Å². The number of fused-ring (bicyclic) bond motifs is 1. The molecule has 1 aliphatic heterocycles. The van der Waals surface area contributed by atoms with Gasteiger partial charge in [-0.05, 0) is 40.9 Å². The minimum atomic E-state index is -4.86. The van der Waals surface area contributed by atoms with Crippen LogP contribution in [0.3, 0.4) is 0 Å². The van der Waals surface area contributed by atoms with E-state index in [1.165, 1.54) is 11.3 Å². The van der Waals surface area contributed by atoms with Gasteiger partial charge in [-0.3, -0.25) is 0 Å². The predicted octanol–water partition coefficient (Wildman–Crippen LogP) is 4.22. The standard InChI is InChI=1S/C15H8F4N4OS2/c16-9-5-3-8(4-6-9)14(15(17,18)19)21-12(24)23-13(26-14)20-11(22-23)10-2-1-7-25-10/h1-7H,(H,21,24)/t14-/m1/s1. The summed E-state index contributed by atoms with van der Waals surface area (Å²) in [4.78, 5) is 14.3. The van der Waals surface area contributed by atoms with Gasteiger partial charge in [-0.1, -0.05) is 18.2 Å². The Hall–Kier alpha value is -2.40. The number of nitrogens with zero attached hydrogens (tertiary/aromatic N) is 3. The van der Waals surface area contributed by atoms with Crippen LogP contribution in [0.1, 0.15) is 5.56 Å². The van der Waals surface area contributed by atoms with E-state index in [2.05, 4.69) is 10.1 Å². The first kappa shape index (κ1) is 17.0. The maximum Gasteiger partial charge on any atom is 0.425 e. The SMILES string of the molecule is O=C1N[C@@](c2ccc(F)cc2)(C(F)(F)F)Sc2nc(-c3cccs3)nn21. The first-order chi connectivity index (χ1) is 12.3. The lowest BCUT2D eigenvalue weighted by Crippen LogP contribution is -2.57. The Morgan fingerprint density at radius 2 is 1.88 bits per heavy atom. The highest BCUT2D eigenvalue weighted by Crippen LogP contribution is 2.52. The van der Waals surface area contributed by atoms with Gasteiger partial charge in [0.1, 0.15) is 5.82 Å². The van der Waals surface area contributed by atoms with E-state index in [0.717, 1.165) is 28.9 Å². The molecule has 0 saturated carbocycles. The molecule has 0 aliphatic carbocycles. The minimum absolute atomic E-state index is 0.162. The zero-order chi connectivity index (χ0) is 18.5. The zero-order valence-corrected chi connectivity index (χ0v) is 14.3. The van der Waals surface area contributed by atoms with E-state index in [-0.39, 0.29) is 16.5 Å².